The molecule has 3 nitrogen and oxygen atoms in total. The van der Waals surface area contributed by atoms with Crippen molar-refractivity contribution >= 4 is 5.78 Å². The molecule has 0 bridgehead atoms. The van der Waals surface area contributed by atoms with Crippen LogP contribution >= 0.6 is 0 Å². The van der Waals surface area contributed by atoms with E-state index in [-0.39, 0.29) is 5.78 Å². The van der Waals surface area contributed by atoms with Crippen molar-refractivity contribution in [3.8, 4) is 0 Å². The second kappa shape index (κ2) is 4.76. The average molecular weight is 218 g/mol. The van der Waals surface area contributed by atoms with E-state index in [0.29, 0.717) is 18.9 Å². The monoisotopic (exact) mass is 218 g/mol. The van der Waals surface area contributed by atoms with Crippen LogP contribution in [0.1, 0.15) is 28.3 Å². The van der Waals surface area contributed by atoms with E-state index in [2.05, 4.69) is 18.0 Å². The Hall–Kier alpha value is -1.19. The van der Waals surface area contributed by atoms with Crippen LogP contribution < -0.4 is 5.73 Å². The SMILES string of the molecule is CN1CC(c2ccccc2C(=O)CCN)C1. The molecule has 1 saturated heterocycles. The summed E-state index contributed by atoms with van der Waals surface area (Å²) in [5.74, 6) is 0.690. The molecule has 1 aromatic carbocycles. The van der Waals surface area contributed by atoms with Crippen molar-refractivity contribution in [2.45, 2.75) is 12.3 Å². The van der Waals surface area contributed by atoms with Gasteiger partial charge in [0.15, 0.2) is 5.78 Å². The van der Waals surface area contributed by atoms with Crippen molar-refractivity contribution in [2.24, 2.45) is 5.73 Å². The van der Waals surface area contributed by atoms with Crippen LogP contribution in [-0.2, 0) is 0 Å². The van der Waals surface area contributed by atoms with Crippen molar-refractivity contribution in [3.63, 3.8) is 0 Å². The van der Waals surface area contributed by atoms with E-state index in [1.165, 1.54) is 5.56 Å². The summed E-state index contributed by atoms with van der Waals surface area (Å²) in [7, 11) is 2.10. The molecule has 0 aromatic heterocycles. The number of benzene rings is 1. The summed E-state index contributed by atoms with van der Waals surface area (Å²) in [6.07, 6.45) is 0.444. The highest BCUT2D eigenvalue weighted by Crippen LogP contribution is 2.28. The van der Waals surface area contributed by atoms with Crippen molar-refractivity contribution in [3.05, 3.63) is 35.4 Å². The Bertz CT molecular complexity index is 383. The molecule has 2 N–H and O–H groups in total. The second-order valence-corrected chi connectivity index (χ2v) is 4.47. The fourth-order valence-electron chi connectivity index (χ4n) is 2.27. The number of nitrogens with two attached hydrogens (primary N) is 1. The van der Waals surface area contributed by atoms with Crippen LogP contribution in [0.4, 0.5) is 0 Å². The van der Waals surface area contributed by atoms with Crippen LogP contribution in [0.15, 0.2) is 24.3 Å². The minimum absolute atomic E-state index is 0.174. The molecule has 0 saturated carbocycles. The Morgan fingerprint density at radius 2 is 2.12 bits per heavy atom. The molecule has 1 heterocycles. The zero-order valence-corrected chi connectivity index (χ0v) is 9.65. The van der Waals surface area contributed by atoms with Gasteiger partial charge in [-0.05, 0) is 19.2 Å². The number of carbonyl (C=O) groups is 1. The molecule has 1 fully saturated rings. The molecule has 16 heavy (non-hydrogen) atoms. The smallest absolute Gasteiger partial charge is 0.164 e. The Labute approximate surface area is 96.2 Å². The van der Waals surface area contributed by atoms with Gasteiger partial charge in [0.25, 0.3) is 0 Å². The van der Waals surface area contributed by atoms with Crippen LogP contribution in [0.25, 0.3) is 0 Å². The highest BCUT2D eigenvalue weighted by Gasteiger charge is 2.27. The van der Waals surface area contributed by atoms with E-state index in [0.717, 1.165) is 18.7 Å². The van der Waals surface area contributed by atoms with Crippen LogP contribution in [0.3, 0.4) is 0 Å². The highest BCUT2D eigenvalue weighted by atomic mass is 16.1. The van der Waals surface area contributed by atoms with Gasteiger partial charge < -0.3 is 10.6 Å². The fourth-order valence-corrected chi connectivity index (χ4v) is 2.27. The van der Waals surface area contributed by atoms with Crippen LogP contribution in [0, 0.1) is 0 Å². The predicted molar refractivity (Wildman–Crippen MR) is 64.7 cm³/mol. The Morgan fingerprint density at radius 3 is 2.75 bits per heavy atom. The lowest BCUT2D eigenvalue weighted by Gasteiger charge is -2.37. The Balaban J connectivity index is 2.20. The van der Waals surface area contributed by atoms with E-state index in [9.17, 15) is 4.79 Å². The van der Waals surface area contributed by atoms with Crippen LogP contribution in [0.2, 0.25) is 0 Å². The molecular formula is C13H18N2O. The largest absolute Gasteiger partial charge is 0.330 e. The number of likely N-dealkylation sites (N-methyl/N-ethyl adjacent to an activating group) is 1. The van der Waals surface area contributed by atoms with Gasteiger partial charge in [0.05, 0.1) is 0 Å². The zero-order valence-electron chi connectivity index (χ0n) is 9.65. The normalized spacial score (nSPS) is 17.1. The fraction of sp³-hybridized carbons (Fsp3) is 0.462. The molecular weight excluding hydrogens is 200 g/mol. The number of hydrogen-bond acceptors (Lipinski definition) is 3. The maximum atomic E-state index is 11.9. The first-order valence-electron chi connectivity index (χ1n) is 5.73. The molecule has 2 rings (SSSR count). The molecule has 86 valence electrons. The Morgan fingerprint density at radius 1 is 1.44 bits per heavy atom. The summed E-state index contributed by atoms with van der Waals surface area (Å²) >= 11 is 0. The van der Waals surface area contributed by atoms with Gasteiger partial charge in [-0.2, -0.15) is 0 Å². The number of rotatable bonds is 4. The summed E-state index contributed by atoms with van der Waals surface area (Å²) in [5, 5.41) is 0. The third-order valence-electron chi connectivity index (χ3n) is 3.14. The summed E-state index contributed by atoms with van der Waals surface area (Å²) in [6.45, 7) is 2.53. The van der Waals surface area contributed by atoms with Gasteiger partial charge in [0, 0.05) is 31.0 Å². The average Bonchev–Trinajstić information content (AvgIpc) is 2.25. The van der Waals surface area contributed by atoms with Crippen molar-refractivity contribution in [1.29, 1.82) is 0 Å². The van der Waals surface area contributed by atoms with E-state index >= 15 is 0 Å². The van der Waals surface area contributed by atoms with E-state index in [1.807, 2.05) is 18.2 Å². The third-order valence-corrected chi connectivity index (χ3v) is 3.14. The zero-order chi connectivity index (χ0) is 11.5. The molecule has 1 aliphatic rings. The molecule has 1 aliphatic heterocycles. The topological polar surface area (TPSA) is 46.3 Å². The first kappa shape index (κ1) is 11.3. The van der Waals surface area contributed by atoms with Crippen LogP contribution in [0.5, 0.6) is 0 Å². The lowest BCUT2D eigenvalue weighted by Crippen LogP contribution is -2.42. The van der Waals surface area contributed by atoms with Crippen molar-refractivity contribution < 1.29 is 4.79 Å². The maximum Gasteiger partial charge on any atom is 0.164 e. The van der Waals surface area contributed by atoms with Gasteiger partial charge in [-0.25, -0.2) is 0 Å². The molecule has 0 aliphatic carbocycles. The number of likely N-dealkylation sites (tertiary alicyclic amines) is 1. The predicted octanol–water partition coefficient (Wildman–Crippen LogP) is 1.25. The number of hydrogen-bond donors (Lipinski definition) is 1. The molecule has 0 amide bonds. The van der Waals surface area contributed by atoms with E-state index in [4.69, 9.17) is 5.73 Å². The second-order valence-electron chi connectivity index (χ2n) is 4.47. The van der Waals surface area contributed by atoms with Crippen molar-refractivity contribution in [1.82, 2.24) is 4.90 Å². The van der Waals surface area contributed by atoms with Crippen molar-refractivity contribution in [2.75, 3.05) is 26.7 Å². The molecule has 0 radical (unpaired) electrons. The minimum Gasteiger partial charge on any atom is -0.330 e. The van der Waals surface area contributed by atoms with Gasteiger partial charge in [-0.3, -0.25) is 4.79 Å². The summed E-state index contributed by atoms with van der Waals surface area (Å²) < 4.78 is 0. The molecule has 1 aromatic rings. The lowest BCUT2D eigenvalue weighted by molar-refractivity contribution is 0.0981. The number of nitrogens with zero attached hydrogens (tertiary/aromatic N) is 1. The minimum atomic E-state index is 0.174. The third kappa shape index (κ3) is 2.15. The van der Waals surface area contributed by atoms with Gasteiger partial charge in [-0.15, -0.1) is 0 Å². The first-order valence-corrected chi connectivity index (χ1v) is 5.73. The van der Waals surface area contributed by atoms with Gasteiger partial charge >= 0.3 is 0 Å². The lowest BCUT2D eigenvalue weighted by atomic mass is 9.86. The molecule has 0 spiro atoms. The quantitative estimate of drug-likeness (QED) is 0.774. The van der Waals surface area contributed by atoms with Gasteiger partial charge in [0.1, 0.15) is 0 Å². The van der Waals surface area contributed by atoms with Gasteiger partial charge in [-0.1, -0.05) is 24.3 Å². The first-order chi connectivity index (χ1) is 7.72. The van der Waals surface area contributed by atoms with Crippen LogP contribution in [-0.4, -0.2) is 37.4 Å². The van der Waals surface area contributed by atoms with Gasteiger partial charge in [0.2, 0.25) is 0 Å². The maximum absolute atomic E-state index is 11.9. The number of ketones is 1. The molecule has 0 atom stereocenters. The molecule has 3 heteroatoms. The highest BCUT2D eigenvalue weighted by molar-refractivity contribution is 5.97. The standard InChI is InChI=1S/C13H18N2O/c1-15-8-10(9-15)11-4-2-3-5-12(11)13(16)6-7-14/h2-5,10H,6-9,14H2,1H3. The van der Waals surface area contributed by atoms with E-state index in [1.54, 1.807) is 0 Å². The Kier molecular flexibility index (Phi) is 3.36. The summed E-state index contributed by atoms with van der Waals surface area (Å²) in [6, 6.07) is 7.93. The summed E-state index contributed by atoms with van der Waals surface area (Å²) in [5.41, 5.74) is 7.49. The van der Waals surface area contributed by atoms with E-state index < -0.39 is 0 Å². The molecule has 0 unspecified atom stereocenters. The number of carbonyl (C=O) groups excluding carboxylic acids is 1. The number of Topliss-reactive ketones (excluding diaryl/α,β-unsaturated/α-hetero) is 1. The summed E-state index contributed by atoms with van der Waals surface area (Å²) in [4.78, 5) is 14.2.